The number of nitrogens with two attached hydrogens (primary N) is 1. The summed E-state index contributed by atoms with van der Waals surface area (Å²) in [6.07, 6.45) is 2.76. The third kappa shape index (κ3) is 14.0. The van der Waals surface area contributed by atoms with Crippen LogP contribution in [0.4, 0.5) is 0 Å². The van der Waals surface area contributed by atoms with Crippen molar-refractivity contribution in [3.8, 4) is 11.5 Å². The van der Waals surface area contributed by atoms with E-state index >= 15 is 0 Å². The van der Waals surface area contributed by atoms with Crippen LogP contribution in [-0.4, -0.2) is 92.9 Å². The maximum Gasteiger partial charge on any atom is 0.251 e. The van der Waals surface area contributed by atoms with Crippen molar-refractivity contribution >= 4 is 11.8 Å². The zero-order valence-corrected chi connectivity index (χ0v) is 28.9. The first-order valence-electron chi connectivity index (χ1n) is 14.6. The number of halogens is 2. The van der Waals surface area contributed by atoms with Gasteiger partial charge in [0.1, 0.15) is 37.8 Å². The van der Waals surface area contributed by atoms with Crippen LogP contribution in [0.5, 0.6) is 11.5 Å². The number of hydrogen-bond donors (Lipinski definition) is 3. The standard InChI is InChI=1S/C29H53N5O4.2BrH/c1-7-33(8-2,9-3)18-20-37-26-22-25(29(36)31-17-15-13-14-16-28(35)32-30)23-27(24-26)38-21-19-34(10-4,11-5)12-6;;/h22-24H,7-21,30H2,1-6H3;2*1H. The Morgan fingerprint density at radius 3 is 1.57 bits per heavy atom. The number of hydrazine groups is 1. The highest BCUT2D eigenvalue weighted by Crippen LogP contribution is 2.24. The van der Waals surface area contributed by atoms with Crippen LogP contribution < -0.4 is 60.0 Å². The Balaban J connectivity index is 0. The Kier molecular flexibility index (Phi) is 22.6. The van der Waals surface area contributed by atoms with E-state index in [-0.39, 0.29) is 45.8 Å². The van der Waals surface area contributed by atoms with Gasteiger partial charge in [-0.05, 0) is 66.5 Å². The molecule has 0 aliphatic rings. The maximum absolute atomic E-state index is 13.0. The molecule has 0 saturated heterocycles. The third-order valence-corrected chi connectivity index (χ3v) is 8.36. The predicted molar refractivity (Wildman–Crippen MR) is 154 cm³/mol. The van der Waals surface area contributed by atoms with Crippen LogP contribution in [0.1, 0.15) is 77.6 Å². The largest absolute Gasteiger partial charge is 1.00 e. The summed E-state index contributed by atoms with van der Waals surface area (Å²) >= 11 is 0. The first-order chi connectivity index (χ1) is 18.3. The molecular weight excluding hydrogens is 642 g/mol. The monoisotopic (exact) mass is 695 g/mol. The fraction of sp³-hybridized carbons (Fsp3) is 0.724. The molecule has 11 heteroatoms. The van der Waals surface area contributed by atoms with Crippen molar-refractivity contribution in [1.82, 2.24) is 10.7 Å². The summed E-state index contributed by atoms with van der Waals surface area (Å²) in [5, 5.41) is 2.99. The van der Waals surface area contributed by atoms with Crippen LogP contribution in [0, 0.1) is 0 Å². The van der Waals surface area contributed by atoms with Gasteiger partial charge in [-0.3, -0.25) is 15.0 Å². The lowest BCUT2D eigenvalue weighted by molar-refractivity contribution is -0.923. The van der Waals surface area contributed by atoms with Crippen molar-refractivity contribution < 1.29 is 62.0 Å². The lowest BCUT2D eigenvalue weighted by atomic mass is 10.1. The molecule has 0 bridgehead atoms. The van der Waals surface area contributed by atoms with E-state index in [0.717, 1.165) is 80.6 Å². The molecule has 0 aliphatic carbocycles. The number of benzene rings is 1. The lowest BCUT2D eigenvalue weighted by Crippen LogP contribution is -3.00. The molecule has 0 saturated carbocycles. The molecule has 0 fully saturated rings. The van der Waals surface area contributed by atoms with Gasteiger partial charge < -0.3 is 57.7 Å². The van der Waals surface area contributed by atoms with Gasteiger partial charge in [0.15, 0.2) is 0 Å². The van der Waals surface area contributed by atoms with E-state index in [1.54, 1.807) is 12.1 Å². The Morgan fingerprint density at radius 1 is 0.725 bits per heavy atom. The van der Waals surface area contributed by atoms with Crippen molar-refractivity contribution in [2.24, 2.45) is 5.84 Å². The number of hydrogen-bond acceptors (Lipinski definition) is 5. The molecular formula is C29H55Br2N5O4. The fourth-order valence-corrected chi connectivity index (χ4v) is 4.84. The molecule has 1 aromatic carbocycles. The van der Waals surface area contributed by atoms with Gasteiger partial charge in [-0.15, -0.1) is 0 Å². The number of carbonyl (C=O) groups excluding carboxylic acids is 2. The van der Waals surface area contributed by atoms with Crippen LogP contribution in [-0.2, 0) is 4.79 Å². The maximum atomic E-state index is 13.0. The topological polar surface area (TPSA) is 103 Å². The van der Waals surface area contributed by atoms with E-state index in [1.165, 1.54) is 0 Å². The molecule has 2 amide bonds. The molecule has 0 aliphatic heterocycles. The van der Waals surface area contributed by atoms with E-state index in [4.69, 9.17) is 15.3 Å². The first kappa shape index (κ1) is 40.7. The van der Waals surface area contributed by atoms with Gasteiger partial charge in [-0.1, -0.05) is 6.42 Å². The van der Waals surface area contributed by atoms with E-state index < -0.39 is 0 Å². The summed E-state index contributed by atoms with van der Waals surface area (Å²) in [5.41, 5.74) is 2.67. The van der Waals surface area contributed by atoms with E-state index in [9.17, 15) is 9.59 Å². The highest BCUT2D eigenvalue weighted by atomic mass is 79.9. The summed E-state index contributed by atoms with van der Waals surface area (Å²) in [6, 6.07) is 5.50. The van der Waals surface area contributed by atoms with Crippen LogP contribution >= 0.6 is 0 Å². The van der Waals surface area contributed by atoms with Gasteiger partial charge in [0.25, 0.3) is 5.91 Å². The van der Waals surface area contributed by atoms with Crippen LogP contribution in [0.2, 0.25) is 0 Å². The Morgan fingerprint density at radius 2 is 1.18 bits per heavy atom. The Bertz CT molecular complexity index is 776. The molecule has 0 atom stereocenters. The van der Waals surface area contributed by atoms with E-state index in [0.29, 0.717) is 43.2 Å². The number of nitrogens with zero attached hydrogens (tertiary/aromatic N) is 2. The number of carbonyl (C=O) groups is 2. The van der Waals surface area contributed by atoms with Crippen LogP contribution in [0.15, 0.2) is 18.2 Å². The van der Waals surface area contributed by atoms with Crippen molar-refractivity contribution in [1.29, 1.82) is 0 Å². The highest BCUT2D eigenvalue weighted by Gasteiger charge is 2.22. The van der Waals surface area contributed by atoms with Crippen LogP contribution in [0.25, 0.3) is 0 Å². The van der Waals surface area contributed by atoms with Crippen molar-refractivity contribution in [2.45, 2.75) is 67.2 Å². The molecule has 9 nitrogen and oxygen atoms in total. The molecule has 0 spiro atoms. The lowest BCUT2D eigenvalue weighted by Gasteiger charge is -2.35. The molecule has 1 rings (SSSR count). The minimum Gasteiger partial charge on any atom is -1.00 e. The average Bonchev–Trinajstić information content (AvgIpc) is 2.95. The predicted octanol–water partition coefficient (Wildman–Crippen LogP) is -2.51. The Hall–Kier alpha value is -1.40. The zero-order valence-electron chi connectivity index (χ0n) is 25.7. The average molecular weight is 698 g/mol. The number of nitrogens with one attached hydrogen (secondary N) is 2. The number of unbranched alkanes of at least 4 members (excludes halogenated alkanes) is 2. The summed E-state index contributed by atoms with van der Waals surface area (Å²) in [5.74, 6) is 6.10. The second-order valence-corrected chi connectivity index (χ2v) is 10.1. The van der Waals surface area contributed by atoms with Crippen LogP contribution in [0.3, 0.4) is 0 Å². The number of quaternary nitrogens is 2. The quantitative estimate of drug-likeness (QED) is 0.0434. The van der Waals surface area contributed by atoms with Gasteiger partial charge in [-0.2, -0.15) is 0 Å². The minimum atomic E-state index is -0.168. The molecule has 0 radical (unpaired) electrons. The normalized spacial score (nSPS) is 11.2. The van der Waals surface area contributed by atoms with Crippen molar-refractivity contribution in [3.05, 3.63) is 23.8 Å². The second kappa shape index (κ2) is 22.2. The number of ether oxygens (including phenoxy) is 2. The zero-order chi connectivity index (χ0) is 28.4. The number of amides is 2. The Labute approximate surface area is 264 Å². The van der Waals surface area contributed by atoms with Gasteiger partial charge in [0, 0.05) is 24.6 Å². The molecule has 0 aromatic heterocycles. The summed E-state index contributed by atoms with van der Waals surface area (Å²) in [7, 11) is 0. The first-order valence-corrected chi connectivity index (χ1v) is 14.6. The summed E-state index contributed by atoms with van der Waals surface area (Å²) in [4.78, 5) is 24.2. The second-order valence-electron chi connectivity index (χ2n) is 10.1. The third-order valence-electron chi connectivity index (χ3n) is 8.36. The smallest absolute Gasteiger partial charge is 0.251 e. The minimum absolute atomic E-state index is 0. The van der Waals surface area contributed by atoms with E-state index in [1.807, 2.05) is 6.07 Å². The van der Waals surface area contributed by atoms with Crippen molar-refractivity contribution in [2.75, 3.05) is 72.1 Å². The fourth-order valence-electron chi connectivity index (χ4n) is 4.84. The van der Waals surface area contributed by atoms with E-state index in [2.05, 4.69) is 52.3 Å². The van der Waals surface area contributed by atoms with Gasteiger partial charge >= 0.3 is 0 Å². The molecule has 40 heavy (non-hydrogen) atoms. The molecule has 0 heterocycles. The SMILES string of the molecule is CC[N+](CC)(CC)CCOc1cc(OCC[N+](CC)(CC)CC)cc(C(=O)NCCCCCC(=O)NN)c1.[Br-].[Br-]. The molecule has 4 N–H and O–H groups in total. The highest BCUT2D eigenvalue weighted by molar-refractivity contribution is 5.95. The summed E-state index contributed by atoms with van der Waals surface area (Å²) in [6.45, 7) is 23.3. The van der Waals surface area contributed by atoms with Crippen molar-refractivity contribution in [3.63, 3.8) is 0 Å². The van der Waals surface area contributed by atoms with Gasteiger partial charge in [0.2, 0.25) is 5.91 Å². The molecule has 1 aromatic rings. The van der Waals surface area contributed by atoms with Gasteiger partial charge in [0.05, 0.1) is 39.3 Å². The number of likely N-dealkylation sites (N-methyl/N-ethyl adjacent to an activating group) is 2. The number of rotatable bonds is 21. The summed E-state index contributed by atoms with van der Waals surface area (Å²) < 4.78 is 14.3. The van der Waals surface area contributed by atoms with Gasteiger partial charge in [-0.25, -0.2) is 5.84 Å². The molecule has 0 unspecified atom stereocenters. The molecule has 234 valence electrons.